The van der Waals surface area contributed by atoms with Crippen molar-refractivity contribution in [1.82, 2.24) is 10.3 Å². The third kappa shape index (κ3) is 2.83. The number of aromatic nitrogens is 1. The van der Waals surface area contributed by atoms with Crippen LogP contribution >= 0.6 is 27.3 Å². The van der Waals surface area contributed by atoms with E-state index in [-0.39, 0.29) is 5.91 Å². The lowest BCUT2D eigenvalue weighted by Crippen LogP contribution is -2.29. The lowest BCUT2D eigenvalue weighted by Gasteiger charge is -2.13. The van der Waals surface area contributed by atoms with Crippen LogP contribution in [-0.2, 0) is 0 Å². The van der Waals surface area contributed by atoms with Gasteiger partial charge in [0, 0.05) is 11.9 Å². The van der Waals surface area contributed by atoms with E-state index in [1.54, 1.807) is 6.20 Å². The lowest BCUT2D eigenvalue weighted by molar-refractivity contribution is 0.0948. The second-order valence-corrected chi connectivity index (χ2v) is 6.39. The number of nitrogens with zero attached hydrogens (tertiary/aromatic N) is 1. The highest BCUT2D eigenvalue weighted by Crippen LogP contribution is 2.48. The molecular weight excluding hydrogens is 288 g/mol. The molecule has 1 heterocycles. The number of thiazole rings is 1. The maximum atomic E-state index is 11.8. The summed E-state index contributed by atoms with van der Waals surface area (Å²) in [5.74, 6) is 0.0199. The minimum atomic E-state index is 0.0199. The van der Waals surface area contributed by atoms with E-state index >= 15 is 0 Å². The number of hydrogen-bond acceptors (Lipinski definition) is 3. The molecule has 5 heteroatoms. The van der Waals surface area contributed by atoms with Crippen molar-refractivity contribution in [1.29, 1.82) is 0 Å². The molecule has 1 fully saturated rings. The van der Waals surface area contributed by atoms with Gasteiger partial charge in [0.15, 0.2) is 0 Å². The molecule has 0 saturated heterocycles. The van der Waals surface area contributed by atoms with Crippen LogP contribution in [0, 0.1) is 12.3 Å². The summed E-state index contributed by atoms with van der Waals surface area (Å²) in [6.07, 6.45) is 5.27. The molecule has 0 unspecified atom stereocenters. The zero-order chi connectivity index (χ0) is 11.6. The van der Waals surface area contributed by atoms with E-state index in [1.165, 1.54) is 24.2 Å². The Hall–Kier alpha value is -0.420. The minimum Gasteiger partial charge on any atom is -0.351 e. The van der Waals surface area contributed by atoms with Crippen molar-refractivity contribution >= 4 is 33.2 Å². The summed E-state index contributed by atoms with van der Waals surface area (Å²) in [5.41, 5.74) is 0.374. The van der Waals surface area contributed by atoms with Gasteiger partial charge in [-0.25, -0.2) is 4.98 Å². The molecule has 1 aromatic rings. The monoisotopic (exact) mass is 302 g/mol. The quantitative estimate of drug-likeness (QED) is 0.850. The summed E-state index contributed by atoms with van der Waals surface area (Å²) in [6.45, 7) is 2.71. The van der Waals surface area contributed by atoms with E-state index in [2.05, 4.69) is 26.2 Å². The van der Waals surface area contributed by atoms with E-state index in [4.69, 9.17) is 0 Å². The number of alkyl halides is 1. The molecule has 0 aromatic carbocycles. The third-order valence-corrected chi connectivity index (χ3v) is 4.36. The summed E-state index contributed by atoms with van der Waals surface area (Å²) in [4.78, 5) is 16.6. The van der Waals surface area contributed by atoms with E-state index in [0.29, 0.717) is 10.3 Å². The Morgan fingerprint density at radius 3 is 2.94 bits per heavy atom. The minimum absolute atomic E-state index is 0.0199. The van der Waals surface area contributed by atoms with Crippen molar-refractivity contribution in [3.63, 3.8) is 0 Å². The van der Waals surface area contributed by atoms with Crippen LogP contribution in [0.4, 0.5) is 0 Å². The Labute approximate surface area is 108 Å². The normalized spacial score (nSPS) is 17.1. The van der Waals surface area contributed by atoms with Crippen LogP contribution < -0.4 is 5.32 Å². The van der Waals surface area contributed by atoms with E-state index in [1.807, 2.05) is 6.92 Å². The highest BCUT2D eigenvalue weighted by molar-refractivity contribution is 9.09. The highest BCUT2D eigenvalue weighted by atomic mass is 79.9. The van der Waals surface area contributed by atoms with Crippen LogP contribution in [0.2, 0.25) is 0 Å². The second kappa shape index (κ2) is 4.84. The number of carbonyl (C=O) groups is 1. The average molecular weight is 303 g/mol. The summed E-state index contributed by atoms with van der Waals surface area (Å²) in [5, 5.41) is 4.96. The summed E-state index contributed by atoms with van der Waals surface area (Å²) in [7, 11) is 0. The first kappa shape index (κ1) is 12.0. The van der Waals surface area contributed by atoms with Gasteiger partial charge in [0.25, 0.3) is 5.91 Å². The maximum Gasteiger partial charge on any atom is 0.263 e. The molecule has 1 aliphatic carbocycles. The highest BCUT2D eigenvalue weighted by Gasteiger charge is 2.41. The topological polar surface area (TPSA) is 42.0 Å². The van der Waals surface area contributed by atoms with Crippen molar-refractivity contribution in [2.24, 2.45) is 5.41 Å². The van der Waals surface area contributed by atoms with Crippen molar-refractivity contribution in [2.75, 3.05) is 11.9 Å². The van der Waals surface area contributed by atoms with Crippen LogP contribution in [-0.4, -0.2) is 22.8 Å². The molecule has 1 N–H and O–H groups in total. The molecule has 0 atom stereocenters. The maximum absolute atomic E-state index is 11.8. The largest absolute Gasteiger partial charge is 0.351 e. The predicted molar refractivity (Wildman–Crippen MR) is 69.3 cm³/mol. The van der Waals surface area contributed by atoms with Crippen LogP contribution in [0.3, 0.4) is 0 Å². The fraction of sp³-hybridized carbons (Fsp3) is 0.636. The van der Waals surface area contributed by atoms with Gasteiger partial charge in [0.2, 0.25) is 0 Å². The molecule has 3 nitrogen and oxygen atoms in total. The molecule has 1 aliphatic rings. The fourth-order valence-corrected chi connectivity index (χ4v) is 3.25. The first-order valence-electron chi connectivity index (χ1n) is 5.42. The number of carbonyl (C=O) groups excluding carboxylic acids is 1. The van der Waals surface area contributed by atoms with Crippen LogP contribution in [0.15, 0.2) is 6.20 Å². The molecule has 0 bridgehead atoms. The van der Waals surface area contributed by atoms with Crippen molar-refractivity contribution in [3.05, 3.63) is 16.1 Å². The molecule has 0 spiro atoms. The van der Waals surface area contributed by atoms with Gasteiger partial charge in [-0.3, -0.25) is 4.79 Å². The zero-order valence-electron chi connectivity index (χ0n) is 9.25. The molecule has 1 aromatic heterocycles. The SMILES string of the molecule is Cc1ncc(C(=O)NCC2(CCBr)CC2)s1. The average Bonchev–Trinajstić information content (AvgIpc) is 2.89. The van der Waals surface area contributed by atoms with E-state index in [9.17, 15) is 4.79 Å². The first-order valence-corrected chi connectivity index (χ1v) is 7.36. The summed E-state index contributed by atoms with van der Waals surface area (Å²) in [6, 6.07) is 0. The summed E-state index contributed by atoms with van der Waals surface area (Å²) < 4.78 is 0. The molecule has 2 rings (SSSR count). The Morgan fingerprint density at radius 1 is 1.69 bits per heavy atom. The Kier molecular flexibility index (Phi) is 3.64. The van der Waals surface area contributed by atoms with Crippen molar-refractivity contribution < 1.29 is 4.79 Å². The molecule has 0 aliphatic heterocycles. The second-order valence-electron chi connectivity index (χ2n) is 4.37. The molecule has 1 amide bonds. The van der Waals surface area contributed by atoms with Gasteiger partial charge in [-0.05, 0) is 31.6 Å². The van der Waals surface area contributed by atoms with Gasteiger partial charge in [-0.15, -0.1) is 11.3 Å². The van der Waals surface area contributed by atoms with Gasteiger partial charge in [0.1, 0.15) is 4.88 Å². The van der Waals surface area contributed by atoms with Crippen molar-refractivity contribution in [3.8, 4) is 0 Å². The van der Waals surface area contributed by atoms with Gasteiger partial charge < -0.3 is 5.32 Å². The van der Waals surface area contributed by atoms with E-state index < -0.39 is 0 Å². The molecule has 1 saturated carbocycles. The van der Waals surface area contributed by atoms with Gasteiger partial charge in [-0.1, -0.05) is 15.9 Å². The van der Waals surface area contributed by atoms with Gasteiger partial charge in [0.05, 0.1) is 11.2 Å². The number of rotatable bonds is 5. The van der Waals surface area contributed by atoms with Gasteiger partial charge in [-0.2, -0.15) is 0 Å². The Morgan fingerprint density at radius 2 is 2.44 bits per heavy atom. The predicted octanol–water partition coefficient (Wildman–Crippen LogP) is 2.75. The van der Waals surface area contributed by atoms with E-state index in [0.717, 1.165) is 23.3 Å². The van der Waals surface area contributed by atoms with Crippen LogP contribution in [0.1, 0.15) is 33.9 Å². The smallest absolute Gasteiger partial charge is 0.263 e. The molecular formula is C11H15BrN2OS. The number of hydrogen-bond donors (Lipinski definition) is 1. The molecule has 16 heavy (non-hydrogen) atoms. The number of halogens is 1. The van der Waals surface area contributed by atoms with Crippen LogP contribution in [0.5, 0.6) is 0 Å². The number of aryl methyl sites for hydroxylation is 1. The molecule has 88 valence electrons. The zero-order valence-corrected chi connectivity index (χ0v) is 11.7. The Balaban J connectivity index is 1.84. The van der Waals surface area contributed by atoms with Crippen molar-refractivity contribution in [2.45, 2.75) is 26.2 Å². The van der Waals surface area contributed by atoms with Crippen LogP contribution in [0.25, 0.3) is 0 Å². The lowest BCUT2D eigenvalue weighted by atomic mass is 10.0. The Bertz CT molecular complexity index is 387. The summed E-state index contributed by atoms with van der Waals surface area (Å²) >= 11 is 4.91. The fourth-order valence-electron chi connectivity index (χ4n) is 1.71. The molecule has 0 radical (unpaired) electrons. The standard InChI is InChI=1S/C11H15BrN2OS/c1-8-13-6-9(16-8)10(15)14-7-11(2-3-11)4-5-12/h6H,2-5,7H2,1H3,(H,14,15). The first-order chi connectivity index (χ1) is 7.65. The number of amides is 1. The third-order valence-electron chi connectivity index (χ3n) is 3.05. The van der Waals surface area contributed by atoms with Gasteiger partial charge >= 0.3 is 0 Å². The number of nitrogens with one attached hydrogen (secondary N) is 1.